The molecule has 104 valence electrons. The SMILES string of the molecule is Cc1cccnc1COc1ccc2c(c1)[C@@H](N)CCC2. The highest BCUT2D eigenvalue weighted by atomic mass is 16.5. The lowest BCUT2D eigenvalue weighted by Gasteiger charge is -2.22. The molecule has 0 saturated carbocycles. The first-order chi connectivity index (χ1) is 9.74. The molecule has 0 saturated heterocycles. The van der Waals surface area contributed by atoms with Gasteiger partial charge in [0.1, 0.15) is 12.4 Å². The summed E-state index contributed by atoms with van der Waals surface area (Å²) in [5.74, 6) is 0.881. The van der Waals surface area contributed by atoms with Crippen LogP contribution in [0.3, 0.4) is 0 Å². The molecule has 1 aromatic heterocycles. The predicted octanol–water partition coefficient (Wildman–Crippen LogP) is 3.31. The van der Waals surface area contributed by atoms with Crippen LogP contribution in [0.4, 0.5) is 0 Å². The molecule has 1 aliphatic rings. The quantitative estimate of drug-likeness (QED) is 0.929. The number of fused-ring (bicyclic) bond motifs is 1. The van der Waals surface area contributed by atoms with Crippen molar-refractivity contribution >= 4 is 0 Å². The Morgan fingerprint density at radius 1 is 1.35 bits per heavy atom. The Morgan fingerprint density at radius 3 is 3.10 bits per heavy atom. The second-order valence-electron chi connectivity index (χ2n) is 5.42. The van der Waals surface area contributed by atoms with Crippen molar-refractivity contribution in [3.8, 4) is 5.75 Å². The predicted molar refractivity (Wildman–Crippen MR) is 79.6 cm³/mol. The number of hydrogen-bond donors (Lipinski definition) is 1. The van der Waals surface area contributed by atoms with Crippen LogP contribution in [0.5, 0.6) is 5.75 Å². The molecular formula is C17H20N2O. The van der Waals surface area contributed by atoms with Gasteiger partial charge in [-0.25, -0.2) is 0 Å². The third-order valence-corrected chi connectivity index (χ3v) is 3.97. The van der Waals surface area contributed by atoms with Gasteiger partial charge < -0.3 is 10.5 Å². The molecule has 0 bridgehead atoms. The van der Waals surface area contributed by atoms with Crippen LogP contribution in [0.15, 0.2) is 36.5 Å². The average molecular weight is 268 g/mol. The number of benzene rings is 1. The third kappa shape index (κ3) is 2.68. The third-order valence-electron chi connectivity index (χ3n) is 3.97. The minimum atomic E-state index is 0.152. The van der Waals surface area contributed by atoms with Crippen LogP contribution in [0.2, 0.25) is 0 Å². The molecule has 2 aromatic rings. The zero-order valence-corrected chi connectivity index (χ0v) is 11.8. The molecular weight excluding hydrogens is 248 g/mol. The molecule has 0 radical (unpaired) electrons. The fourth-order valence-corrected chi connectivity index (χ4v) is 2.72. The van der Waals surface area contributed by atoms with Gasteiger partial charge in [0.2, 0.25) is 0 Å². The van der Waals surface area contributed by atoms with Crippen molar-refractivity contribution in [3.63, 3.8) is 0 Å². The highest BCUT2D eigenvalue weighted by Gasteiger charge is 2.17. The number of rotatable bonds is 3. The molecule has 1 aliphatic carbocycles. The molecule has 1 atom stereocenters. The molecule has 1 heterocycles. The van der Waals surface area contributed by atoms with Gasteiger partial charge in [-0.1, -0.05) is 12.1 Å². The summed E-state index contributed by atoms with van der Waals surface area (Å²) in [6, 6.07) is 10.4. The highest BCUT2D eigenvalue weighted by Crippen LogP contribution is 2.31. The minimum Gasteiger partial charge on any atom is -0.487 e. The number of aromatic nitrogens is 1. The van der Waals surface area contributed by atoms with E-state index in [9.17, 15) is 0 Å². The normalized spacial score (nSPS) is 17.6. The fraction of sp³-hybridized carbons (Fsp3) is 0.353. The van der Waals surface area contributed by atoms with Crippen molar-refractivity contribution in [1.29, 1.82) is 0 Å². The first-order valence-electron chi connectivity index (χ1n) is 7.16. The number of ether oxygens (including phenoxy) is 1. The zero-order valence-electron chi connectivity index (χ0n) is 11.8. The smallest absolute Gasteiger partial charge is 0.130 e. The van der Waals surface area contributed by atoms with Crippen molar-refractivity contribution in [2.45, 2.75) is 38.8 Å². The molecule has 0 fully saturated rings. The lowest BCUT2D eigenvalue weighted by Crippen LogP contribution is -2.17. The summed E-state index contributed by atoms with van der Waals surface area (Å²) in [6.07, 6.45) is 5.18. The van der Waals surface area contributed by atoms with Gasteiger partial charge in [0, 0.05) is 12.2 Å². The standard InChI is InChI=1S/C17H20N2O/c1-12-4-3-9-19-17(12)11-20-14-8-7-13-5-2-6-16(18)15(13)10-14/h3-4,7-10,16H,2,5-6,11,18H2,1H3/t16-/m0/s1. The Kier molecular flexibility index (Phi) is 3.70. The molecule has 20 heavy (non-hydrogen) atoms. The summed E-state index contributed by atoms with van der Waals surface area (Å²) in [4.78, 5) is 4.35. The van der Waals surface area contributed by atoms with Crippen LogP contribution >= 0.6 is 0 Å². The number of nitrogens with zero attached hydrogens (tertiary/aromatic N) is 1. The Balaban J connectivity index is 1.75. The summed E-state index contributed by atoms with van der Waals surface area (Å²) in [7, 11) is 0. The van der Waals surface area contributed by atoms with Crippen molar-refractivity contribution < 1.29 is 4.74 Å². The zero-order chi connectivity index (χ0) is 13.9. The summed E-state index contributed by atoms with van der Waals surface area (Å²) < 4.78 is 5.87. The summed E-state index contributed by atoms with van der Waals surface area (Å²) in [5, 5.41) is 0. The number of pyridine rings is 1. The molecule has 3 heteroatoms. The van der Waals surface area contributed by atoms with Crippen LogP contribution in [-0.4, -0.2) is 4.98 Å². The first kappa shape index (κ1) is 13.1. The van der Waals surface area contributed by atoms with E-state index in [0.29, 0.717) is 6.61 Å². The van der Waals surface area contributed by atoms with Crippen molar-refractivity contribution in [1.82, 2.24) is 4.98 Å². The van der Waals surface area contributed by atoms with Gasteiger partial charge in [-0.3, -0.25) is 4.98 Å². The monoisotopic (exact) mass is 268 g/mol. The molecule has 1 aromatic carbocycles. The average Bonchev–Trinajstić information content (AvgIpc) is 2.47. The van der Waals surface area contributed by atoms with Crippen LogP contribution in [0, 0.1) is 6.92 Å². The highest BCUT2D eigenvalue weighted by molar-refractivity contribution is 5.39. The molecule has 3 rings (SSSR count). The Labute approximate surface area is 119 Å². The van der Waals surface area contributed by atoms with Crippen molar-refractivity contribution in [2.75, 3.05) is 0 Å². The second-order valence-corrected chi connectivity index (χ2v) is 5.42. The van der Waals surface area contributed by atoms with Gasteiger partial charge in [-0.15, -0.1) is 0 Å². The van der Waals surface area contributed by atoms with E-state index in [-0.39, 0.29) is 6.04 Å². The maximum absolute atomic E-state index is 6.18. The van der Waals surface area contributed by atoms with E-state index < -0.39 is 0 Å². The Hall–Kier alpha value is -1.87. The Morgan fingerprint density at radius 2 is 2.25 bits per heavy atom. The van der Waals surface area contributed by atoms with Crippen LogP contribution in [-0.2, 0) is 13.0 Å². The van der Waals surface area contributed by atoms with E-state index in [1.165, 1.54) is 17.5 Å². The van der Waals surface area contributed by atoms with Gasteiger partial charge in [0.05, 0.1) is 5.69 Å². The van der Waals surface area contributed by atoms with Crippen molar-refractivity contribution in [2.24, 2.45) is 5.73 Å². The van der Waals surface area contributed by atoms with E-state index in [2.05, 4.69) is 30.1 Å². The topological polar surface area (TPSA) is 48.1 Å². The van der Waals surface area contributed by atoms with E-state index in [4.69, 9.17) is 10.5 Å². The maximum atomic E-state index is 6.18. The van der Waals surface area contributed by atoms with E-state index in [0.717, 1.165) is 29.8 Å². The Bertz CT molecular complexity index is 610. The lowest BCUT2D eigenvalue weighted by atomic mass is 9.88. The minimum absolute atomic E-state index is 0.152. The van der Waals surface area contributed by atoms with Crippen LogP contribution < -0.4 is 10.5 Å². The number of hydrogen-bond acceptors (Lipinski definition) is 3. The van der Waals surface area contributed by atoms with E-state index in [1.54, 1.807) is 6.20 Å². The van der Waals surface area contributed by atoms with Gasteiger partial charge in [0.25, 0.3) is 0 Å². The number of nitrogens with two attached hydrogens (primary N) is 1. The van der Waals surface area contributed by atoms with Crippen LogP contribution in [0.1, 0.15) is 41.3 Å². The maximum Gasteiger partial charge on any atom is 0.130 e. The van der Waals surface area contributed by atoms with E-state index >= 15 is 0 Å². The number of aryl methyl sites for hydroxylation is 2. The summed E-state index contributed by atoms with van der Waals surface area (Å²) in [6.45, 7) is 2.55. The summed E-state index contributed by atoms with van der Waals surface area (Å²) >= 11 is 0. The molecule has 0 amide bonds. The van der Waals surface area contributed by atoms with Gasteiger partial charge >= 0.3 is 0 Å². The van der Waals surface area contributed by atoms with Gasteiger partial charge in [-0.05, 0) is 61.1 Å². The first-order valence-corrected chi connectivity index (χ1v) is 7.16. The molecule has 0 unspecified atom stereocenters. The summed E-state index contributed by atoms with van der Waals surface area (Å²) in [5.41, 5.74) is 10.9. The van der Waals surface area contributed by atoms with Gasteiger partial charge in [0.15, 0.2) is 0 Å². The lowest BCUT2D eigenvalue weighted by molar-refractivity contribution is 0.299. The second kappa shape index (κ2) is 5.63. The largest absolute Gasteiger partial charge is 0.487 e. The van der Waals surface area contributed by atoms with E-state index in [1.807, 2.05) is 12.1 Å². The fourth-order valence-electron chi connectivity index (χ4n) is 2.72. The van der Waals surface area contributed by atoms with Crippen molar-refractivity contribution in [3.05, 3.63) is 58.9 Å². The molecule has 0 spiro atoms. The van der Waals surface area contributed by atoms with Crippen LogP contribution in [0.25, 0.3) is 0 Å². The molecule has 0 aliphatic heterocycles. The van der Waals surface area contributed by atoms with Gasteiger partial charge in [-0.2, -0.15) is 0 Å². The molecule has 2 N–H and O–H groups in total. The molecule has 3 nitrogen and oxygen atoms in total.